The zero-order valence-electron chi connectivity index (χ0n) is 16.3. The summed E-state index contributed by atoms with van der Waals surface area (Å²) in [5.74, 6) is 1.99. The van der Waals surface area contributed by atoms with Crippen molar-refractivity contribution in [2.45, 2.75) is 31.1 Å². The molecule has 0 bridgehead atoms. The molecular weight excluding hydrogens is 403 g/mol. The van der Waals surface area contributed by atoms with Crippen molar-refractivity contribution in [3.8, 4) is 5.75 Å². The van der Waals surface area contributed by atoms with Crippen LogP contribution in [0.5, 0.6) is 5.75 Å². The third kappa shape index (κ3) is 4.71. The third-order valence-electron chi connectivity index (χ3n) is 4.40. The second-order valence-electron chi connectivity index (χ2n) is 6.54. The molecule has 0 radical (unpaired) electrons. The summed E-state index contributed by atoms with van der Waals surface area (Å²) in [4.78, 5) is 4.50. The highest BCUT2D eigenvalue weighted by Crippen LogP contribution is 2.22. The van der Waals surface area contributed by atoms with Crippen LogP contribution in [-0.2, 0) is 19.6 Å². The molecule has 0 N–H and O–H groups in total. The van der Waals surface area contributed by atoms with E-state index in [1.54, 1.807) is 36.0 Å². The number of halogens is 1. The topological polar surface area (TPSA) is 66.0 Å². The van der Waals surface area contributed by atoms with Gasteiger partial charge < -0.3 is 9.15 Å². The van der Waals surface area contributed by atoms with Gasteiger partial charge in [0, 0.05) is 18.7 Å². The van der Waals surface area contributed by atoms with E-state index in [4.69, 9.17) is 9.15 Å². The summed E-state index contributed by atoms with van der Waals surface area (Å²) in [7, 11) is 0. The second kappa shape index (κ2) is 9.58. The Morgan fingerprint density at radius 2 is 1.97 bits per heavy atom. The summed E-state index contributed by atoms with van der Waals surface area (Å²) in [6.45, 7) is 4.48. The van der Waals surface area contributed by atoms with Gasteiger partial charge in [-0.2, -0.15) is 0 Å². The van der Waals surface area contributed by atoms with Crippen LogP contribution >= 0.6 is 11.8 Å². The molecular formula is C22H21FN4O2S. The number of aryl methyl sites for hydroxylation is 1. The zero-order valence-corrected chi connectivity index (χ0v) is 17.1. The smallest absolute Gasteiger partial charge is 0.195 e. The number of aromatic nitrogens is 4. The average molecular weight is 425 g/mol. The van der Waals surface area contributed by atoms with Gasteiger partial charge in [-0.3, -0.25) is 4.57 Å². The van der Waals surface area contributed by atoms with Gasteiger partial charge in [0.25, 0.3) is 0 Å². The van der Waals surface area contributed by atoms with E-state index in [1.165, 1.54) is 6.07 Å². The van der Waals surface area contributed by atoms with Gasteiger partial charge in [0.15, 0.2) is 34.0 Å². The standard InChI is InChI=1S/C22H21FN4O2S/c1-2-13-27-20(15-28-18-10-5-3-8-16(18)23)25-26-22(27)30-14-7-12-21-24-17-9-4-6-11-19(17)29-21/h2-6,8-11H,1,7,12-15H2. The Bertz CT molecular complexity index is 1110. The third-order valence-corrected chi connectivity index (χ3v) is 5.46. The highest BCUT2D eigenvalue weighted by Gasteiger charge is 2.13. The summed E-state index contributed by atoms with van der Waals surface area (Å²) >= 11 is 1.60. The van der Waals surface area contributed by atoms with Crippen LogP contribution in [0.25, 0.3) is 11.1 Å². The van der Waals surface area contributed by atoms with Crippen molar-refractivity contribution >= 4 is 22.9 Å². The van der Waals surface area contributed by atoms with Crippen LogP contribution in [0.3, 0.4) is 0 Å². The van der Waals surface area contributed by atoms with E-state index >= 15 is 0 Å². The fourth-order valence-electron chi connectivity index (χ4n) is 2.96. The normalized spacial score (nSPS) is 11.1. The molecule has 2 aromatic heterocycles. The SMILES string of the molecule is C=CCn1c(COc2ccccc2F)nnc1SCCCc1nc2ccccc2o1. The second-order valence-corrected chi connectivity index (χ2v) is 7.61. The number of benzene rings is 2. The number of ether oxygens (including phenoxy) is 1. The zero-order chi connectivity index (χ0) is 20.8. The molecule has 2 aromatic carbocycles. The van der Waals surface area contributed by atoms with Crippen LogP contribution in [-0.4, -0.2) is 25.5 Å². The van der Waals surface area contributed by atoms with Crippen LogP contribution in [0.4, 0.5) is 4.39 Å². The first-order valence-electron chi connectivity index (χ1n) is 9.62. The lowest BCUT2D eigenvalue weighted by Gasteiger charge is -2.09. The predicted molar refractivity (Wildman–Crippen MR) is 114 cm³/mol. The number of oxazole rings is 1. The Balaban J connectivity index is 1.34. The molecule has 4 aromatic rings. The summed E-state index contributed by atoms with van der Waals surface area (Å²) in [6.07, 6.45) is 3.42. The van der Waals surface area contributed by atoms with Crippen molar-refractivity contribution in [1.82, 2.24) is 19.7 Å². The fourth-order valence-corrected chi connectivity index (χ4v) is 3.87. The van der Waals surface area contributed by atoms with Crippen LogP contribution < -0.4 is 4.74 Å². The van der Waals surface area contributed by atoms with Gasteiger partial charge in [0.1, 0.15) is 12.1 Å². The van der Waals surface area contributed by atoms with Crippen molar-refractivity contribution in [2.24, 2.45) is 0 Å². The monoisotopic (exact) mass is 424 g/mol. The van der Waals surface area contributed by atoms with Crippen LogP contribution in [0, 0.1) is 5.82 Å². The largest absolute Gasteiger partial charge is 0.483 e. The maximum atomic E-state index is 13.8. The Labute approximate surface area is 177 Å². The van der Waals surface area contributed by atoms with Gasteiger partial charge in [0.2, 0.25) is 0 Å². The number of fused-ring (bicyclic) bond motifs is 1. The van der Waals surface area contributed by atoms with Gasteiger partial charge in [0.05, 0.1) is 0 Å². The van der Waals surface area contributed by atoms with Gasteiger partial charge >= 0.3 is 0 Å². The molecule has 0 fully saturated rings. The molecule has 0 unspecified atom stereocenters. The minimum atomic E-state index is -0.402. The Morgan fingerprint density at radius 3 is 2.80 bits per heavy atom. The van der Waals surface area contributed by atoms with Crippen LogP contribution in [0.15, 0.2) is 70.8 Å². The summed E-state index contributed by atoms with van der Waals surface area (Å²) in [5.41, 5.74) is 1.69. The number of allylic oxidation sites excluding steroid dienone is 1. The first kappa shape index (κ1) is 20.2. The minimum absolute atomic E-state index is 0.130. The molecule has 0 aliphatic rings. The lowest BCUT2D eigenvalue weighted by atomic mass is 10.3. The molecule has 30 heavy (non-hydrogen) atoms. The minimum Gasteiger partial charge on any atom is -0.483 e. The molecule has 6 nitrogen and oxygen atoms in total. The van der Waals surface area contributed by atoms with Crippen molar-refractivity contribution in [3.05, 3.63) is 78.7 Å². The highest BCUT2D eigenvalue weighted by molar-refractivity contribution is 7.99. The fraction of sp³-hybridized carbons (Fsp3) is 0.227. The number of hydrogen-bond acceptors (Lipinski definition) is 6. The van der Waals surface area contributed by atoms with Crippen LogP contribution in [0.1, 0.15) is 18.1 Å². The van der Waals surface area contributed by atoms with E-state index in [1.807, 2.05) is 28.8 Å². The number of hydrogen-bond donors (Lipinski definition) is 0. The summed E-state index contributed by atoms with van der Waals surface area (Å²) in [6, 6.07) is 14.1. The van der Waals surface area contributed by atoms with E-state index in [0.717, 1.165) is 40.7 Å². The Hall–Kier alpha value is -3.13. The summed E-state index contributed by atoms with van der Waals surface area (Å²) < 4.78 is 27.0. The van der Waals surface area contributed by atoms with Crippen molar-refractivity contribution in [2.75, 3.05) is 5.75 Å². The Kier molecular flexibility index (Phi) is 6.44. The molecule has 0 aliphatic heterocycles. The van der Waals surface area contributed by atoms with Crippen LogP contribution in [0.2, 0.25) is 0 Å². The van der Waals surface area contributed by atoms with E-state index < -0.39 is 5.82 Å². The number of thioether (sulfide) groups is 1. The number of nitrogens with zero attached hydrogens (tertiary/aromatic N) is 4. The molecule has 154 valence electrons. The molecule has 0 saturated heterocycles. The lowest BCUT2D eigenvalue weighted by Crippen LogP contribution is -2.08. The average Bonchev–Trinajstić information content (AvgIpc) is 3.34. The Morgan fingerprint density at radius 1 is 1.13 bits per heavy atom. The molecule has 0 atom stereocenters. The van der Waals surface area contributed by atoms with Gasteiger partial charge in [-0.05, 0) is 30.7 Å². The number of rotatable bonds is 10. The highest BCUT2D eigenvalue weighted by atomic mass is 32.2. The van der Waals surface area contributed by atoms with E-state index in [0.29, 0.717) is 12.4 Å². The van der Waals surface area contributed by atoms with Crippen molar-refractivity contribution in [3.63, 3.8) is 0 Å². The maximum absolute atomic E-state index is 13.8. The quantitative estimate of drug-likeness (QED) is 0.202. The molecule has 0 amide bonds. The molecule has 2 heterocycles. The maximum Gasteiger partial charge on any atom is 0.195 e. The lowest BCUT2D eigenvalue weighted by molar-refractivity contribution is 0.275. The summed E-state index contributed by atoms with van der Waals surface area (Å²) in [5, 5.41) is 9.25. The van der Waals surface area contributed by atoms with E-state index in [9.17, 15) is 4.39 Å². The molecule has 0 aliphatic carbocycles. The van der Waals surface area contributed by atoms with Gasteiger partial charge in [-0.1, -0.05) is 42.1 Å². The molecule has 0 spiro atoms. The predicted octanol–water partition coefficient (Wildman–Crippen LogP) is 5.05. The number of para-hydroxylation sites is 3. The van der Waals surface area contributed by atoms with Gasteiger partial charge in [-0.15, -0.1) is 16.8 Å². The molecule has 8 heteroatoms. The molecule has 4 rings (SSSR count). The van der Waals surface area contributed by atoms with Gasteiger partial charge in [-0.25, -0.2) is 9.37 Å². The first-order chi connectivity index (χ1) is 14.7. The first-order valence-corrected chi connectivity index (χ1v) is 10.6. The van der Waals surface area contributed by atoms with E-state index in [2.05, 4.69) is 21.8 Å². The molecule has 0 saturated carbocycles. The van der Waals surface area contributed by atoms with E-state index in [-0.39, 0.29) is 12.4 Å². The van der Waals surface area contributed by atoms with Crippen molar-refractivity contribution < 1.29 is 13.5 Å². The van der Waals surface area contributed by atoms with Crippen molar-refractivity contribution in [1.29, 1.82) is 0 Å².